The number of carboxylic acids is 1. The molecule has 6 nitrogen and oxygen atoms in total. The maximum Gasteiger partial charge on any atom is 0.410 e. The van der Waals surface area contributed by atoms with Gasteiger partial charge in [0.05, 0.1) is 6.10 Å². The lowest BCUT2D eigenvalue weighted by Gasteiger charge is -2.21. The number of likely N-dealkylation sites (tertiary alicyclic amines) is 1. The zero-order valence-electron chi connectivity index (χ0n) is 13.5. The molecule has 0 bridgehead atoms. The third-order valence-electron chi connectivity index (χ3n) is 4.39. The van der Waals surface area contributed by atoms with Crippen molar-refractivity contribution in [1.82, 2.24) is 4.90 Å². The number of carbonyl (C=O) groups is 2. The Bertz CT molecular complexity index is 734. The highest BCUT2D eigenvalue weighted by Gasteiger charge is 2.48. The third kappa shape index (κ3) is 3.64. The van der Waals surface area contributed by atoms with Crippen LogP contribution in [0.4, 0.5) is 4.79 Å². The number of aliphatic hydroxyl groups is 1. The Balaban J connectivity index is 1.74. The zero-order valence-corrected chi connectivity index (χ0v) is 13.5. The number of rotatable bonds is 4. The molecule has 0 spiro atoms. The minimum Gasteiger partial charge on any atom is -0.480 e. The number of nitrogens with zero attached hydrogens (tertiary/aromatic N) is 1. The highest BCUT2D eigenvalue weighted by Crippen LogP contribution is 2.33. The predicted molar refractivity (Wildman–Crippen MR) is 89.9 cm³/mol. The summed E-state index contributed by atoms with van der Waals surface area (Å²) in [7, 11) is 0. The Kier molecular flexibility index (Phi) is 5.00. The van der Waals surface area contributed by atoms with Crippen molar-refractivity contribution in [3.63, 3.8) is 0 Å². The van der Waals surface area contributed by atoms with Crippen LogP contribution in [0, 0.1) is 0 Å². The summed E-state index contributed by atoms with van der Waals surface area (Å²) in [6.45, 7) is 0.143. The van der Waals surface area contributed by atoms with E-state index in [-0.39, 0.29) is 13.2 Å². The molecule has 1 fully saturated rings. The molecule has 0 radical (unpaired) electrons. The molecule has 2 aromatic carbocycles. The van der Waals surface area contributed by atoms with Gasteiger partial charge in [-0.1, -0.05) is 60.7 Å². The van der Waals surface area contributed by atoms with Gasteiger partial charge in [0.25, 0.3) is 0 Å². The molecule has 1 saturated heterocycles. The second kappa shape index (κ2) is 7.36. The monoisotopic (exact) mass is 341 g/mol. The SMILES string of the molecule is O=C(O)[C@@H]1C(O)C(c2ccccc2)CN1C(=O)OCc1ccccc1. The number of hydrogen-bond acceptors (Lipinski definition) is 4. The third-order valence-corrected chi connectivity index (χ3v) is 4.39. The van der Waals surface area contributed by atoms with Crippen LogP contribution in [0.15, 0.2) is 60.7 Å². The van der Waals surface area contributed by atoms with E-state index in [4.69, 9.17) is 4.74 Å². The Morgan fingerprint density at radius 2 is 1.64 bits per heavy atom. The van der Waals surface area contributed by atoms with E-state index in [9.17, 15) is 19.8 Å². The minimum absolute atomic E-state index is 0.0502. The van der Waals surface area contributed by atoms with E-state index >= 15 is 0 Å². The van der Waals surface area contributed by atoms with Crippen molar-refractivity contribution >= 4 is 12.1 Å². The number of hydrogen-bond donors (Lipinski definition) is 2. The quantitative estimate of drug-likeness (QED) is 0.890. The Morgan fingerprint density at radius 3 is 2.24 bits per heavy atom. The highest BCUT2D eigenvalue weighted by atomic mass is 16.6. The molecule has 0 saturated carbocycles. The number of ether oxygens (including phenoxy) is 1. The van der Waals surface area contributed by atoms with E-state index in [1.54, 1.807) is 0 Å². The Hall–Kier alpha value is -2.86. The molecule has 1 heterocycles. The van der Waals surface area contributed by atoms with Gasteiger partial charge in [-0.05, 0) is 11.1 Å². The van der Waals surface area contributed by atoms with Gasteiger partial charge in [-0.3, -0.25) is 4.90 Å². The molecule has 2 unspecified atom stereocenters. The first-order valence-electron chi connectivity index (χ1n) is 8.01. The van der Waals surface area contributed by atoms with E-state index in [2.05, 4.69) is 0 Å². The first kappa shape index (κ1) is 17.0. The zero-order chi connectivity index (χ0) is 17.8. The van der Waals surface area contributed by atoms with Crippen LogP contribution < -0.4 is 0 Å². The van der Waals surface area contributed by atoms with Gasteiger partial charge in [-0.15, -0.1) is 0 Å². The highest BCUT2D eigenvalue weighted by molar-refractivity contribution is 5.82. The van der Waals surface area contributed by atoms with Gasteiger partial charge < -0.3 is 14.9 Å². The van der Waals surface area contributed by atoms with Crippen LogP contribution in [0.2, 0.25) is 0 Å². The number of amides is 1. The summed E-state index contributed by atoms with van der Waals surface area (Å²) in [5.74, 6) is -1.71. The van der Waals surface area contributed by atoms with Crippen molar-refractivity contribution in [2.24, 2.45) is 0 Å². The maximum atomic E-state index is 12.4. The van der Waals surface area contributed by atoms with Crippen LogP contribution in [-0.2, 0) is 16.1 Å². The molecule has 1 aliphatic rings. The number of carboxylic acid groups (broad SMARTS) is 1. The molecular formula is C19H19NO5. The van der Waals surface area contributed by atoms with Crippen LogP contribution in [0.25, 0.3) is 0 Å². The molecule has 3 atom stereocenters. The molecule has 130 valence electrons. The van der Waals surface area contributed by atoms with Gasteiger partial charge in [0.15, 0.2) is 6.04 Å². The summed E-state index contributed by atoms with van der Waals surface area (Å²) in [4.78, 5) is 25.0. The Morgan fingerprint density at radius 1 is 1.04 bits per heavy atom. The number of aliphatic carboxylic acids is 1. The standard InChI is InChI=1S/C19H19NO5/c21-17-15(14-9-5-2-6-10-14)11-20(16(17)18(22)23)19(24)25-12-13-7-3-1-4-8-13/h1-10,15-17,21H,11-12H2,(H,22,23)/t15?,16-,17?/m0/s1. The van der Waals surface area contributed by atoms with Crippen LogP contribution >= 0.6 is 0 Å². The molecule has 3 rings (SSSR count). The lowest BCUT2D eigenvalue weighted by molar-refractivity contribution is -0.144. The molecule has 25 heavy (non-hydrogen) atoms. The molecule has 2 N–H and O–H groups in total. The topological polar surface area (TPSA) is 87.1 Å². The Labute approximate surface area is 145 Å². The van der Waals surface area contributed by atoms with Gasteiger partial charge in [0, 0.05) is 12.5 Å². The minimum atomic E-state index is -1.33. The van der Waals surface area contributed by atoms with Crippen molar-refractivity contribution < 1.29 is 24.5 Å². The van der Waals surface area contributed by atoms with Crippen molar-refractivity contribution in [2.75, 3.05) is 6.54 Å². The van der Waals surface area contributed by atoms with E-state index in [0.29, 0.717) is 0 Å². The van der Waals surface area contributed by atoms with Crippen LogP contribution in [0.1, 0.15) is 17.0 Å². The van der Waals surface area contributed by atoms with Gasteiger partial charge in [-0.25, -0.2) is 9.59 Å². The first-order valence-corrected chi connectivity index (χ1v) is 8.01. The van der Waals surface area contributed by atoms with Gasteiger partial charge in [0.2, 0.25) is 0 Å². The summed E-state index contributed by atoms with van der Waals surface area (Å²) in [6.07, 6.45) is -1.93. The summed E-state index contributed by atoms with van der Waals surface area (Å²) < 4.78 is 5.24. The second-order valence-corrected chi connectivity index (χ2v) is 5.98. The molecular weight excluding hydrogens is 322 g/mol. The largest absolute Gasteiger partial charge is 0.480 e. The molecule has 0 aromatic heterocycles. The molecule has 2 aromatic rings. The lowest BCUT2D eigenvalue weighted by Crippen LogP contribution is -2.45. The van der Waals surface area contributed by atoms with E-state index in [1.807, 2.05) is 60.7 Å². The molecule has 6 heteroatoms. The molecule has 1 amide bonds. The van der Waals surface area contributed by atoms with Crippen LogP contribution in [0.3, 0.4) is 0 Å². The van der Waals surface area contributed by atoms with Gasteiger partial charge in [0.1, 0.15) is 6.61 Å². The molecule has 0 aliphatic carbocycles. The normalized spacial score (nSPS) is 22.6. The first-order chi connectivity index (χ1) is 12.1. The summed E-state index contributed by atoms with van der Waals surface area (Å²) >= 11 is 0. The number of aliphatic hydroxyl groups excluding tert-OH is 1. The van der Waals surface area contributed by atoms with Crippen molar-refractivity contribution in [3.8, 4) is 0 Å². The van der Waals surface area contributed by atoms with E-state index < -0.39 is 30.1 Å². The summed E-state index contributed by atoms with van der Waals surface area (Å²) in [5.41, 5.74) is 1.60. The fraction of sp³-hybridized carbons (Fsp3) is 0.263. The van der Waals surface area contributed by atoms with E-state index in [0.717, 1.165) is 16.0 Å². The predicted octanol–water partition coefficient (Wildman–Crippen LogP) is 2.24. The lowest BCUT2D eigenvalue weighted by atomic mass is 9.94. The fourth-order valence-corrected chi connectivity index (χ4v) is 3.11. The number of benzene rings is 2. The summed E-state index contributed by atoms with van der Waals surface area (Å²) in [6, 6.07) is 16.9. The molecule has 1 aliphatic heterocycles. The van der Waals surface area contributed by atoms with Gasteiger partial charge in [-0.2, -0.15) is 0 Å². The average Bonchev–Trinajstić information content (AvgIpc) is 2.99. The smallest absolute Gasteiger partial charge is 0.410 e. The van der Waals surface area contributed by atoms with Gasteiger partial charge >= 0.3 is 12.1 Å². The fourth-order valence-electron chi connectivity index (χ4n) is 3.11. The average molecular weight is 341 g/mol. The van der Waals surface area contributed by atoms with E-state index in [1.165, 1.54) is 0 Å². The summed E-state index contributed by atoms with van der Waals surface area (Å²) in [5, 5.41) is 19.9. The van der Waals surface area contributed by atoms with Crippen molar-refractivity contribution in [3.05, 3.63) is 71.8 Å². The second-order valence-electron chi connectivity index (χ2n) is 5.98. The van der Waals surface area contributed by atoms with Crippen molar-refractivity contribution in [2.45, 2.75) is 24.7 Å². The van der Waals surface area contributed by atoms with Crippen molar-refractivity contribution in [1.29, 1.82) is 0 Å². The van der Waals surface area contributed by atoms with Crippen LogP contribution in [0.5, 0.6) is 0 Å². The van der Waals surface area contributed by atoms with Crippen LogP contribution in [-0.4, -0.2) is 45.9 Å². The maximum absolute atomic E-state index is 12.4. The number of carbonyl (C=O) groups excluding carboxylic acids is 1.